The van der Waals surface area contributed by atoms with Crippen LogP contribution in [0.25, 0.3) is 6.08 Å². The number of anilines is 1. The van der Waals surface area contributed by atoms with Crippen LogP contribution in [0.15, 0.2) is 84.2 Å². The van der Waals surface area contributed by atoms with Gasteiger partial charge in [-0.25, -0.2) is 19.8 Å². The van der Waals surface area contributed by atoms with Crippen molar-refractivity contribution in [3.8, 4) is 17.6 Å². The van der Waals surface area contributed by atoms with E-state index in [2.05, 4.69) is 58.6 Å². The molecule has 0 bridgehead atoms. The molecule has 45 heavy (non-hydrogen) atoms. The van der Waals surface area contributed by atoms with Crippen LogP contribution in [-0.4, -0.2) is 47.1 Å². The number of nitrogens with zero attached hydrogens (tertiary/aromatic N) is 3. The molecule has 0 radical (unpaired) electrons. The van der Waals surface area contributed by atoms with Gasteiger partial charge in [0.25, 0.3) is 0 Å². The van der Waals surface area contributed by atoms with Gasteiger partial charge in [0, 0.05) is 19.5 Å². The highest BCUT2D eigenvalue weighted by atomic mass is 16.6. The minimum atomic E-state index is -0.567. The van der Waals surface area contributed by atoms with E-state index in [9.17, 15) is 4.79 Å². The lowest BCUT2D eigenvalue weighted by Crippen LogP contribution is -2.35. The number of allylic oxidation sites excluding steroid dienone is 5. The number of hydrogen-bond acceptors (Lipinski definition) is 7. The summed E-state index contributed by atoms with van der Waals surface area (Å²) in [4.78, 5) is 25.6. The zero-order valence-corrected chi connectivity index (χ0v) is 28.8. The number of rotatable bonds is 13. The van der Waals surface area contributed by atoms with Crippen LogP contribution < -0.4 is 15.4 Å². The first-order valence-corrected chi connectivity index (χ1v) is 15.5. The second-order valence-electron chi connectivity index (χ2n) is 10.1. The Morgan fingerprint density at radius 2 is 1.69 bits per heavy atom. The van der Waals surface area contributed by atoms with Gasteiger partial charge in [0.1, 0.15) is 30.0 Å². The monoisotopic (exact) mass is 615 g/mol. The van der Waals surface area contributed by atoms with Gasteiger partial charge in [-0.15, -0.1) is 0 Å². The van der Waals surface area contributed by atoms with Crippen molar-refractivity contribution in [3.05, 3.63) is 84.9 Å². The lowest BCUT2D eigenvalue weighted by atomic mass is 10.1. The van der Waals surface area contributed by atoms with Gasteiger partial charge in [0.2, 0.25) is 0 Å². The molecule has 0 fully saturated rings. The third-order valence-corrected chi connectivity index (χ3v) is 5.37. The van der Waals surface area contributed by atoms with Crippen molar-refractivity contribution in [1.29, 1.82) is 0 Å². The van der Waals surface area contributed by atoms with Crippen LogP contribution in [0.1, 0.15) is 80.8 Å². The summed E-state index contributed by atoms with van der Waals surface area (Å²) in [6.07, 6.45) is 9.88. The molecule has 2 N–H and O–H groups in total. The molecule has 0 spiro atoms. The fourth-order valence-electron chi connectivity index (χ4n) is 3.24. The third kappa shape index (κ3) is 18.6. The maximum absolute atomic E-state index is 12.0. The standard InChI is InChI=1S/C33H41N5O3.2C2H6/c1-8-25(3)17-18-26(4)19-20-27(14-13-23-40-28-15-11-10-12-16-28)38-30-29(9-2)36-24-37-31(30)34-21-22-35-32(39)41-33(5,6)7;2*1-2/h8-12,15-18,24H,1-2,19-23H2,3-7H3,(H,35,39)(H,34,36,37);2*1-2H3/b25-17+,26-18+,38-27?;;. The first kappa shape index (κ1) is 40.4. The Morgan fingerprint density at radius 3 is 2.31 bits per heavy atom. The van der Waals surface area contributed by atoms with E-state index < -0.39 is 11.7 Å². The molecule has 0 saturated carbocycles. The van der Waals surface area contributed by atoms with Gasteiger partial charge in [0.15, 0.2) is 5.82 Å². The number of ether oxygens (including phenoxy) is 2. The van der Waals surface area contributed by atoms with E-state index in [-0.39, 0.29) is 6.61 Å². The van der Waals surface area contributed by atoms with Crippen molar-refractivity contribution in [2.75, 3.05) is 25.0 Å². The van der Waals surface area contributed by atoms with E-state index in [0.29, 0.717) is 42.4 Å². The molecule has 0 aliphatic rings. The molecular formula is C37H53N5O3. The highest BCUT2D eigenvalue weighted by Crippen LogP contribution is 2.27. The van der Waals surface area contributed by atoms with E-state index in [1.165, 1.54) is 11.9 Å². The Morgan fingerprint density at radius 1 is 1.00 bits per heavy atom. The average molecular weight is 616 g/mol. The number of hydrogen-bond donors (Lipinski definition) is 2. The molecule has 1 aromatic heterocycles. The maximum atomic E-state index is 12.0. The molecule has 0 aliphatic carbocycles. The van der Waals surface area contributed by atoms with Gasteiger partial charge >= 0.3 is 6.09 Å². The second kappa shape index (κ2) is 23.8. The summed E-state index contributed by atoms with van der Waals surface area (Å²) in [5.74, 6) is 7.52. The SMILES string of the molecule is C=C/C(C)=C/C=C(\C)CCC(C#CCOc1ccccc1)=Nc1c(C=C)ncnc1NCCNC(=O)OC(C)(C)C.CC.CC. The minimum Gasteiger partial charge on any atom is -0.481 e. The van der Waals surface area contributed by atoms with Gasteiger partial charge in [-0.1, -0.05) is 94.3 Å². The molecule has 0 atom stereocenters. The lowest BCUT2D eigenvalue weighted by molar-refractivity contribution is 0.0530. The first-order valence-electron chi connectivity index (χ1n) is 15.5. The van der Waals surface area contributed by atoms with Gasteiger partial charge in [-0.2, -0.15) is 0 Å². The fraction of sp³-hybridized carbons (Fsp3) is 0.405. The second-order valence-corrected chi connectivity index (χ2v) is 10.1. The van der Waals surface area contributed by atoms with Crippen LogP contribution in [0.3, 0.4) is 0 Å². The van der Waals surface area contributed by atoms with Crippen LogP contribution in [0, 0.1) is 11.8 Å². The van der Waals surface area contributed by atoms with Crippen molar-refractivity contribution in [1.82, 2.24) is 15.3 Å². The summed E-state index contributed by atoms with van der Waals surface area (Å²) in [5.41, 5.74) is 3.46. The number of aromatic nitrogens is 2. The van der Waals surface area contributed by atoms with Gasteiger partial charge in [-0.05, 0) is 65.2 Å². The quantitative estimate of drug-likeness (QED) is 0.101. The molecule has 1 aromatic carbocycles. The molecule has 0 saturated heterocycles. The zero-order valence-electron chi connectivity index (χ0n) is 28.8. The molecule has 1 heterocycles. The molecular weight excluding hydrogens is 562 g/mol. The van der Waals surface area contributed by atoms with E-state index >= 15 is 0 Å². The van der Waals surface area contributed by atoms with E-state index in [4.69, 9.17) is 14.5 Å². The molecule has 1 amide bonds. The van der Waals surface area contributed by atoms with Crippen LogP contribution >= 0.6 is 0 Å². The fourth-order valence-corrected chi connectivity index (χ4v) is 3.24. The van der Waals surface area contributed by atoms with E-state index in [1.807, 2.05) is 97.9 Å². The highest BCUT2D eigenvalue weighted by Gasteiger charge is 2.16. The Labute approximate surface area is 271 Å². The summed E-state index contributed by atoms with van der Waals surface area (Å²) in [6.45, 7) is 26.2. The first-order chi connectivity index (χ1) is 21.6. The number of carbonyl (C=O) groups excluding carboxylic acids is 1. The number of carbonyl (C=O) groups is 1. The molecule has 0 unspecified atom stereocenters. The number of aliphatic imine (C=N–C) groups is 1. The average Bonchev–Trinajstić information content (AvgIpc) is 3.04. The molecule has 8 heteroatoms. The highest BCUT2D eigenvalue weighted by molar-refractivity contribution is 6.03. The molecule has 2 aromatic rings. The molecule has 2 rings (SSSR count). The van der Waals surface area contributed by atoms with Gasteiger partial charge < -0.3 is 20.1 Å². The Balaban J connectivity index is 0.00000464. The van der Waals surface area contributed by atoms with Crippen molar-refractivity contribution in [2.45, 2.75) is 80.8 Å². The molecule has 0 aliphatic heterocycles. The Bertz CT molecular complexity index is 1330. The Kier molecular flexibility index (Phi) is 21.3. The van der Waals surface area contributed by atoms with Crippen LogP contribution in [0.2, 0.25) is 0 Å². The number of amides is 1. The van der Waals surface area contributed by atoms with Gasteiger partial charge in [0.05, 0.1) is 11.4 Å². The molecule has 244 valence electrons. The van der Waals surface area contributed by atoms with Crippen LogP contribution in [0.4, 0.5) is 16.3 Å². The van der Waals surface area contributed by atoms with Crippen LogP contribution in [-0.2, 0) is 4.74 Å². The van der Waals surface area contributed by atoms with Crippen molar-refractivity contribution in [3.63, 3.8) is 0 Å². The largest absolute Gasteiger partial charge is 0.481 e. The Hall–Kier alpha value is -4.64. The molecule has 8 nitrogen and oxygen atoms in total. The van der Waals surface area contributed by atoms with Crippen molar-refractivity contribution in [2.24, 2.45) is 4.99 Å². The minimum absolute atomic E-state index is 0.222. The predicted octanol–water partition coefficient (Wildman–Crippen LogP) is 9.12. The normalized spacial score (nSPS) is 11.3. The zero-order chi connectivity index (χ0) is 34.1. The number of para-hydroxylation sites is 1. The van der Waals surface area contributed by atoms with Crippen molar-refractivity contribution < 1.29 is 14.3 Å². The summed E-state index contributed by atoms with van der Waals surface area (Å²) in [5, 5.41) is 5.95. The topological polar surface area (TPSA) is 97.7 Å². The van der Waals surface area contributed by atoms with Crippen molar-refractivity contribution >= 4 is 29.4 Å². The number of alkyl carbamates (subject to hydrolysis) is 1. The van der Waals surface area contributed by atoms with E-state index in [1.54, 1.807) is 6.08 Å². The summed E-state index contributed by atoms with van der Waals surface area (Å²) >= 11 is 0. The predicted molar refractivity (Wildman–Crippen MR) is 191 cm³/mol. The maximum Gasteiger partial charge on any atom is 0.407 e. The van der Waals surface area contributed by atoms with E-state index in [0.717, 1.165) is 17.7 Å². The van der Waals surface area contributed by atoms with Crippen LogP contribution in [0.5, 0.6) is 5.75 Å². The summed E-state index contributed by atoms with van der Waals surface area (Å²) < 4.78 is 11.0. The van der Waals surface area contributed by atoms with Gasteiger partial charge in [-0.3, -0.25) is 0 Å². The lowest BCUT2D eigenvalue weighted by Gasteiger charge is -2.19. The summed E-state index contributed by atoms with van der Waals surface area (Å²) in [7, 11) is 0. The summed E-state index contributed by atoms with van der Waals surface area (Å²) in [6, 6.07) is 9.53. The number of benzene rings is 1. The smallest absolute Gasteiger partial charge is 0.407 e. The number of nitrogens with one attached hydrogen (secondary N) is 2. The third-order valence-electron chi connectivity index (χ3n) is 5.37.